The highest BCUT2D eigenvalue weighted by Gasteiger charge is 2.48. The van der Waals surface area contributed by atoms with Gasteiger partial charge in [0.05, 0.1) is 18.1 Å². The normalized spacial score (nSPS) is 20.8. The molecule has 0 aliphatic carbocycles. The number of para-hydroxylation sites is 1. The summed E-state index contributed by atoms with van der Waals surface area (Å²) in [5, 5.41) is 0. The molecule has 6 nitrogen and oxygen atoms in total. The lowest BCUT2D eigenvalue weighted by Gasteiger charge is -2.39. The molecular weight excluding hydrogens is 662 g/mol. The van der Waals surface area contributed by atoms with Crippen molar-refractivity contribution in [1.29, 1.82) is 0 Å². The second-order valence-electron chi connectivity index (χ2n) is 13.9. The molecule has 3 aliphatic rings. The van der Waals surface area contributed by atoms with Crippen molar-refractivity contribution >= 4 is 27.7 Å². The van der Waals surface area contributed by atoms with Crippen LogP contribution in [0.3, 0.4) is 0 Å². The maximum Gasteiger partial charge on any atom is 0.257 e. The summed E-state index contributed by atoms with van der Waals surface area (Å²) in [6, 6.07) is 35.4. The Morgan fingerprint density at radius 1 is 0.792 bits per heavy atom. The topological polar surface area (TPSA) is 53.1 Å². The van der Waals surface area contributed by atoms with Crippen LogP contribution >= 0.6 is 15.9 Å². The predicted octanol–water partition coefficient (Wildman–Crippen LogP) is 7.42. The fraction of sp³-hybridized carbons (Fsp3) is 0.366. The van der Waals surface area contributed by atoms with Crippen molar-refractivity contribution in [3.05, 3.63) is 135 Å². The van der Waals surface area contributed by atoms with Crippen LogP contribution in [0.15, 0.2) is 108 Å². The smallest absolute Gasteiger partial charge is 0.257 e. The first-order chi connectivity index (χ1) is 23.4. The van der Waals surface area contributed by atoms with Crippen LogP contribution in [0.1, 0.15) is 57.8 Å². The Bertz CT molecular complexity index is 1720. The number of hydrogen-bond donors (Lipinski definition) is 0. The highest BCUT2D eigenvalue weighted by atomic mass is 79.9. The number of halogens is 1. The van der Waals surface area contributed by atoms with Gasteiger partial charge in [-0.05, 0) is 91.2 Å². The molecule has 7 rings (SSSR count). The number of methoxy groups -OCH3 is 1. The highest BCUT2D eigenvalue weighted by Crippen LogP contribution is 2.43. The molecule has 4 aromatic carbocycles. The number of carbonyl (C=O) groups excluding carboxylic acids is 2. The van der Waals surface area contributed by atoms with Gasteiger partial charge in [0.15, 0.2) is 0 Å². The minimum atomic E-state index is -0.238. The largest absolute Gasteiger partial charge is 0.496 e. The monoisotopic (exact) mass is 705 g/mol. The summed E-state index contributed by atoms with van der Waals surface area (Å²) in [6.07, 6.45) is 3.65. The first kappa shape index (κ1) is 32.6. The van der Waals surface area contributed by atoms with Crippen molar-refractivity contribution in [2.45, 2.75) is 38.1 Å². The van der Waals surface area contributed by atoms with E-state index in [2.05, 4.69) is 105 Å². The van der Waals surface area contributed by atoms with E-state index in [0.29, 0.717) is 42.8 Å². The third kappa shape index (κ3) is 6.94. The SMILES string of the molecule is COc1ccccc1C(=O)N1C[C@H](CN2CCC3(CC2)CCN(Cc2ccc(Cc4ccc(Br)cc4)cc2)C3=O)[C@@H](c2ccccc2)C1. The van der Waals surface area contributed by atoms with Gasteiger partial charge >= 0.3 is 0 Å². The molecule has 3 aliphatic heterocycles. The van der Waals surface area contributed by atoms with Gasteiger partial charge in [-0.1, -0.05) is 94.8 Å². The second-order valence-corrected chi connectivity index (χ2v) is 14.8. The highest BCUT2D eigenvalue weighted by molar-refractivity contribution is 9.10. The maximum atomic E-state index is 13.9. The van der Waals surface area contributed by atoms with E-state index in [-0.39, 0.29) is 17.2 Å². The zero-order valence-electron chi connectivity index (χ0n) is 27.7. The van der Waals surface area contributed by atoms with E-state index >= 15 is 0 Å². The van der Waals surface area contributed by atoms with Crippen LogP contribution < -0.4 is 4.74 Å². The number of nitrogens with zero attached hydrogens (tertiary/aromatic N) is 3. The molecule has 4 aromatic rings. The molecule has 3 saturated heterocycles. The Balaban J connectivity index is 0.960. The van der Waals surface area contributed by atoms with E-state index in [1.54, 1.807) is 7.11 Å². The van der Waals surface area contributed by atoms with E-state index in [4.69, 9.17) is 4.74 Å². The third-order valence-corrected chi connectivity index (χ3v) is 11.4. The van der Waals surface area contributed by atoms with Gasteiger partial charge in [0.1, 0.15) is 5.75 Å². The maximum absolute atomic E-state index is 13.9. The van der Waals surface area contributed by atoms with E-state index in [1.807, 2.05) is 29.2 Å². The fourth-order valence-electron chi connectivity index (χ4n) is 8.12. The number of ether oxygens (including phenoxy) is 1. The first-order valence-electron chi connectivity index (χ1n) is 17.2. The summed E-state index contributed by atoms with van der Waals surface area (Å²) in [7, 11) is 1.62. The quantitative estimate of drug-likeness (QED) is 0.182. The van der Waals surface area contributed by atoms with Crippen molar-refractivity contribution in [3.8, 4) is 5.75 Å². The summed E-state index contributed by atoms with van der Waals surface area (Å²) < 4.78 is 6.61. The third-order valence-electron chi connectivity index (χ3n) is 10.9. The molecule has 0 aromatic heterocycles. The zero-order chi connectivity index (χ0) is 33.1. The number of likely N-dealkylation sites (tertiary alicyclic amines) is 3. The summed E-state index contributed by atoms with van der Waals surface area (Å²) in [4.78, 5) is 34.2. The van der Waals surface area contributed by atoms with Crippen molar-refractivity contribution in [2.24, 2.45) is 11.3 Å². The van der Waals surface area contributed by atoms with Gasteiger partial charge in [-0.25, -0.2) is 0 Å². The Labute approximate surface area is 292 Å². The minimum Gasteiger partial charge on any atom is -0.496 e. The summed E-state index contributed by atoms with van der Waals surface area (Å²) in [5.41, 5.74) is 5.43. The lowest BCUT2D eigenvalue weighted by Crippen LogP contribution is -2.46. The molecule has 48 heavy (non-hydrogen) atoms. The van der Waals surface area contributed by atoms with Crippen LogP contribution in [0.4, 0.5) is 0 Å². The molecule has 7 heteroatoms. The van der Waals surface area contributed by atoms with Crippen molar-refractivity contribution in [2.75, 3.05) is 46.4 Å². The molecule has 3 fully saturated rings. The number of amides is 2. The molecule has 0 bridgehead atoms. The van der Waals surface area contributed by atoms with E-state index in [0.717, 1.165) is 56.3 Å². The molecule has 2 atom stereocenters. The number of rotatable bonds is 9. The first-order valence-corrected chi connectivity index (χ1v) is 18.0. The molecular formula is C41H44BrN3O3. The van der Waals surface area contributed by atoms with Crippen molar-refractivity contribution < 1.29 is 14.3 Å². The number of hydrogen-bond acceptors (Lipinski definition) is 4. The van der Waals surface area contributed by atoms with Crippen LogP contribution in [0.2, 0.25) is 0 Å². The fourth-order valence-corrected chi connectivity index (χ4v) is 8.38. The molecule has 248 valence electrons. The van der Waals surface area contributed by atoms with Crippen molar-refractivity contribution in [3.63, 3.8) is 0 Å². The predicted molar refractivity (Wildman–Crippen MR) is 193 cm³/mol. The average molecular weight is 707 g/mol. The van der Waals surface area contributed by atoms with Crippen LogP contribution in [0.5, 0.6) is 5.75 Å². The van der Waals surface area contributed by atoms with Crippen LogP contribution in [0.25, 0.3) is 0 Å². The Kier molecular flexibility index (Phi) is 9.69. The van der Waals surface area contributed by atoms with Gasteiger partial charge in [-0.15, -0.1) is 0 Å². The number of benzene rings is 4. The standard InChI is InChI=1S/C41H44BrN3O3/c1-48-38-10-6-5-9-36(38)39(46)45-28-34(37(29-45)33-7-3-2-4-8-33)27-43-22-19-41(20-23-43)21-24-44(40(41)47)26-32-13-11-30(12-14-32)25-31-15-17-35(42)18-16-31/h2-18,34,37H,19-29H2,1H3/t34-,37+/m0/s1. The average Bonchev–Trinajstić information content (AvgIpc) is 3.68. The molecule has 0 radical (unpaired) electrons. The molecule has 0 N–H and O–H groups in total. The Morgan fingerprint density at radius 2 is 1.42 bits per heavy atom. The zero-order valence-corrected chi connectivity index (χ0v) is 29.3. The van der Waals surface area contributed by atoms with Gasteiger partial charge in [0.2, 0.25) is 5.91 Å². The Morgan fingerprint density at radius 3 is 2.12 bits per heavy atom. The van der Waals surface area contributed by atoms with Gasteiger partial charge in [-0.2, -0.15) is 0 Å². The van der Waals surface area contributed by atoms with Crippen LogP contribution in [-0.4, -0.2) is 72.9 Å². The minimum absolute atomic E-state index is 0.0318. The lowest BCUT2D eigenvalue weighted by atomic mass is 9.76. The van der Waals surface area contributed by atoms with Gasteiger partial charge in [0, 0.05) is 43.1 Å². The lowest BCUT2D eigenvalue weighted by molar-refractivity contribution is -0.139. The summed E-state index contributed by atoms with van der Waals surface area (Å²) in [5.74, 6) is 1.57. The summed E-state index contributed by atoms with van der Waals surface area (Å²) in [6.45, 7) is 5.69. The van der Waals surface area contributed by atoms with Gasteiger partial charge < -0.3 is 19.4 Å². The number of piperidine rings is 1. The van der Waals surface area contributed by atoms with Gasteiger partial charge in [-0.3, -0.25) is 9.59 Å². The number of carbonyl (C=O) groups is 2. The van der Waals surface area contributed by atoms with Crippen molar-refractivity contribution in [1.82, 2.24) is 14.7 Å². The van der Waals surface area contributed by atoms with Gasteiger partial charge in [0.25, 0.3) is 5.91 Å². The molecule has 0 unspecified atom stereocenters. The van der Waals surface area contributed by atoms with E-state index in [9.17, 15) is 9.59 Å². The molecule has 0 saturated carbocycles. The molecule has 2 amide bonds. The molecule has 1 spiro atoms. The molecule has 3 heterocycles. The Hall–Kier alpha value is -3.94. The van der Waals surface area contributed by atoms with Crippen LogP contribution in [-0.2, 0) is 17.8 Å². The van der Waals surface area contributed by atoms with E-state index < -0.39 is 0 Å². The van der Waals surface area contributed by atoms with E-state index in [1.165, 1.54) is 22.3 Å². The second kappa shape index (κ2) is 14.3. The summed E-state index contributed by atoms with van der Waals surface area (Å²) >= 11 is 3.51. The van der Waals surface area contributed by atoms with Crippen LogP contribution in [0, 0.1) is 11.3 Å².